The van der Waals surface area contributed by atoms with Crippen molar-refractivity contribution in [3.05, 3.63) is 28.8 Å². The maximum absolute atomic E-state index is 14.0. The van der Waals surface area contributed by atoms with Gasteiger partial charge in [-0.3, -0.25) is 9.59 Å². The Morgan fingerprint density at radius 3 is 2.49 bits per heavy atom. The minimum Gasteiger partial charge on any atom is -0.507 e. The number of Topliss-reactive ketones (excluding diaryl/α,β-unsaturated/α-hetero) is 2. The van der Waals surface area contributed by atoms with Crippen LogP contribution in [-0.4, -0.2) is 50.3 Å². The van der Waals surface area contributed by atoms with Crippen LogP contribution < -0.4 is 4.74 Å². The van der Waals surface area contributed by atoms with Gasteiger partial charge in [0.05, 0.1) is 23.7 Å². The third kappa shape index (κ3) is 3.87. The van der Waals surface area contributed by atoms with Crippen molar-refractivity contribution in [1.82, 2.24) is 0 Å². The predicted molar refractivity (Wildman–Crippen MR) is 131 cm³/mol. The Labute approximate surface area is 207 Å². The number of allylic oxidation sites excluding steroid dienone is 2. The van der Waals surface area contributed by atoms with E-state index in [9.17, 15) is 24.9 Å². The third-order valence-corrected chi connectivity index (χ3v) is 8.76. The second kappa shape index (κ2) is 8.34. The number of rotatable bonds is 4. The monoisotopic (exact) mass is 486 g/mol. The molecule has 1 saturated carbocycles. The minimum absolute atomic E-state index is 0.0392. The van der Waals surface area contributed by atoms with Crippen LogP contribution in [0.25, 0.3) is 0 Å². The maximum atomic E-state index is 14.0. The number of hydrogen-bond acceptors (Lipinski definition) is 7. The number of benzene rings is 1. The average Bonchev–Trinajstić information content (AvgIpc) is 2.77. The molecule has 1 aromatic carbocycles. The van der Waals surface area contributed by atoms with E-state index in [0.29, 0.717) is 31.3 Å². The molecule has 1 aliphatic carbocycles. The summed E-state index contributed by atoms with van der Waals surface area (Å²) in [6, 6.07) is 1.31. The third-order valence-electron chi connectivity index (χ3n) is 8.76. The van der Waals surface area contributed by atoms with Gasteiger partial charge in [0, 0.05) is 16.9 Å². The number of carbonyl (C=O) groups excluding carboxylic acids is 2. The van der Waals surface area contributed by atoms with E-state index in [0.717, 1.165) is 0 Å². The van der Waals surface area contributed by atoms with Gasteiger partial charge < -0.3 is 24.8 Å². The van der Waals surface area contributed by atoms with Crippen LogP contribution in [0.1, 0.15) is 96.0 Å². The fraction of sp³-hybridized carbons (Fsp3) is 0.643. The molecule has 2 fully saturated rings. The molecule has 0 radical (unpaired) electrons. The van der Waals surface area contributed by atoms with Gasteiger partial charge in [0.2, 0.25) is 0 Å². The Bertz CT molecular complexity index is 1100. The lowest BCUT2D eigenvalue weighted by atomic mass is 9.53. The van der Waals surface area contributed by atoms with Gasteiger partial charge in [-0.2, -0.15) is 0 Å². The van der Waals surface area contributed by atoms with Crippen LogP contribution >= 0.6 is 0 Å². The number of aliphatic hydroxyl groups is 1. The van der Waals surface area contributed by atoms with Crippen LogP contribution in [0.2, 0.25) is 0 Å². The lowest BCUT2D eigenvalue weighted by molar-refractivity contribution is -0.227. The molecule has 0 aromatic heterocycles. The first-order valence-corrected chi connectivity index (χ1v) is 12.5. The molecule has 192 valence electrons. The Kier molecular flexibility index (Phi) is 6.13. The fourth-order valence-electron chi connectivity index (χ4n) is 6.54. The Hall–Kier alpha value is -2.38. The van der Waals surface area contributed by atoms with Gasteiger partial charge in [0.25, 0.3) is 0 Å². The molecule has 7 heteroatoms. The number of carbonyl (C=O) groups is 2. The van der Waals surface area contributed by atoms with E-state index in [4.69, 9.17) is 9.47 Å². The quantitative estimate of drug-likeness (QED) is 0.414. The summed E-state index contributed by atoms with van der Waals surface area (Å²) in [5, 5.41) is 32.6. The Morgan fingerprint density at radius 1 is 1.23 bits per heavy atom. The summed E-state index contributed by atoms with van der Waals surface area (Å²) < 4.78 is 12.7. The van der Waals surface area contributed by atoms with Gasteiger partial charge in [-0.05, 0) is 71.9 Å². The first-order chi connectivity index (χ1) is 16.2. The van der Waals surface area contributed by atoms with Gasteiger partial charge in [0.1, 0.15) is 16.9 Å². The minimum atomic E-state index is -0.984. The molecule has 0 amide bonds. The van der Waals surface area contributed by atoms with E-state index in [1.807, 2.05) is 13.8 Å². The lowest BCUT2D eigenvalue weighted by Gasteiger charge is -2.59. The standard InChI is InChI=1S/C28H38O7/c1-8-14(2)21(30)15(3)16-13-17(29)20-23(32)25-27(6)11-9-18(26(4,5)33)34-19(27)10-12-28(25,7)35-24(20)22(16)31/h8,13,15,18-19,25,29,31,33H,9-12H2,1-7H3/b14-8+/t15-,18+,19+,25+,27-,28+/m0/s1. The maximum Gasteiger partial charge on any atom is 0.178 e. The molecule has 4 rings (SSSR count). The summed E-state index contributed by atoms with van der Waals surface area (Å²) in [7, 11) is 0. The van der Waals surface area contributed by atoms with Crippen LogP contribution in [0.4, 0.5) is 0 Å². The van der Waals surface area contributed by atoms with Crippen molar-refractivity contribution in [3.63, 3.8) is 0 Å². The Morgan fingerprint density at radius 2 is 1.89 bits per heavy atom. The molecule has 7 nitrogen and oxygen atoms in total. The van der Waals surface area contributed by atoms with E-state index < -0.39 is 28.5 Å². The number of phenolic OH excluding ortho intramolecular Hbond substituents is 2. The normalized spacial score (nSPS) is 33.8. The van der Waals surface area contributed by atoms with Crippen LogP contribution in [0.15, 0.2) is 17.7 Å². The largest absolute Gasteiger partial charge is 0.507 e. The highest BCUT2D eigenvalue weighted by molar-refractivity contribution is 6.07. The van der Waals surface area contributed by atoms with Crippen molar-refractivity contribution in [2.75, 3.05) is 0 Å². The Balaban J connectivity index is 1.77. The molecule has 35 heavy (non-hydrogen) atoms. The second-order valence-corrected chi connectivity index (χ2v) is 11.7. The topological polar surface area (TPSA) is 113 Å². The molecular formula is C28H38O7. The van der Waals surface area contributed by atoms with E-state index in [1.165, 1.54) is 6.07 Å². The van der Waals surface area contributed by atoms with Crippen molar-refractivity contribution in [2.24, 2.45) is 11.3 Å². The first kappa shape index (κ1) is 25.7. The van der Waals surface area contributed by atoms with E-state index >= 15 is 0 Å². The van der Waals surface area contributed by atoms with E-state index in [2.05, 4.69) is 0 Å². The molecule has 2 heterocycles. The average molecular weight is 487 g/mol. The lowest BCUT2D eigenvalue weighted by Crippen LogP contribution is -2.65. The van der Waals surface area contributed by atoms with Gasteiger partial charge in [-0.15, -0.1) is 0 Å². The van der Waals surface area contributed by atoms with Crippen molar-refractivity contribution in [2.45, 2.75) is 103 Å². The molecule has 3 aliphatic rings. The molecule has 6 atom stereocenters. The van der Waals surface area contributed by atoms with Gasteiger partial charge in [0.15, 0.2) is 23.1 Å². The molecule has 1 saturated heterocycles. The first-order valence-electron chi connectivity index (χ1n) is 12.5. The van der Waals surface area contributed by atoms with Gasteiger partial charge in [-0.25, -0.2) is 0 Å². The zero-order valence-electron chi connectivity index (χ0n) is 21.8. The summed E-state index contributed by atoms with van der Waals surface area (Å²) in [5.74, 6) is -2.39. The highest BCUT2D eigenvalue weighted by Gasteiger charge is 2.63. The summed E-state index contributed by atoms with van der Waals surface area (Å²) >= 11 is 0. The van der Waals surface area contributed by atoms with Crippen molar-refractivity contribution in [1.29, 1.82) is 0 Å². The van der Waals surface area contributed by atoms with Crippen LogP contribution in [0, 0.1) is 11.3 Å². The van der Waals surface area contributed by atoms with Gasteiger partial charge in [-0.1, -0.05) is 19.9 Å². The predicted octanol–water partition coefficient (Wildman–Crippen LogP) is 4.81. The summed E-state index contributed by atoms with van der Waals surface area (Å²) in [5.41, 5.74) is -1.71. The second-order valence-electron chi connectivity index (χ2n) is 11.7. The zero-order chi connectivity index (χ0) is 26.1. The number of fused-ring (bicyclic) bond motifs is 4. The molecule has 0 bridgehead atoms. The highest BCUT2D eigenvalue weighted by atomic mass is 16.5. The number of ketones is 2. The van der Waals surface area contributed by atoms with Crippen molar-refractivity contribution in [3.8, 4) is 17.2 Å². The fourth-order valence-corrected chi connectivity index (χ4v) is 6.54. The molecule has 1 aromatic rings. The smallest absolute Gasteiger partial charge is 0.178 e. The van der Waals surface area contributed by atoms with Crippen molar-refractivity contribution < 1.29 is 34.4 Å². The molecule has 0 unspecified atom stereocenters. The van der Waals surface area contributed by atoms with Crippen LogP contribution in [0.5, 0.6) is 17.2 Å². The SMILES string of the molecule is C/C=C(\C)C(=O)[C@@H](C)c1cc(O)c2c(c1O)O[C@]1(C)CC[C@H]3O[C@@H](C(C)(C)O)CC[C@]3(C)[C@H]1C2=O. The van der Waals surface area contributed by atoms with E-state index in [-0.39, 0.29) is 52.1 Å². The summed E-state index contributed by atoms with van der Waals surface area (Å²) in [6.07, 6.45) is 3.55. The summed E-state index contributed by atoms with van der Waals surface area (Å²) in [4.78, 5) is 26.8. The molecular weight excluding hydrogens is 448 g/mol. The number of hydrogen-bond donors (Lipinski definition) is 3. The zero-order valence-corrected chi connectivity index (χ0v) is 21.8. The number of aromatic hydroxyl groups is 2. The van der Waals surface area contributed by atoms with Crippen LogP contribution in [0.3, 0.4) is 0 Å². The molecule has 3 N–H and O–H groups in total. The number of phenols is 2. The number of ether oxygens (including phenoxy) is 2. The van der Waals surface area contributed by atoms with Crippen LogP contribution in [-0.2, 0) is 9.53 Å². The van der Waals surface area contributed by atoms with E-state index in [1.54, 1.807) is 40.7 Å². The highest BCUT2D eigenvalue weighted by Crippen LogP contribution is 2.60. The summed E-state index contributed by atoms with van der Waals surface area (Å²) in [6.45, 7) is 12.5. The molecule has 0 spiro atoms. The molecule has 2 aliphatic heterocycles. The van der Waals surface area contributed by atoms with Crippen molar-refractivity contribution >= 4 is 11.6 Å². The van der Waals surface area contributed by atoms with Gasteiger partial charge >= 0.3 is 0 Å².